The molecule has 2 heterocycles. The molecule has 2 heteroatoms. The fourth-order valence-corrected chi connectivity index (χ4v) is 2.48. The third-order valence-corrected chi connectivity index (χ3v) is 3.14. The maximum atomic E-state index is 3.59. The van der Waals surface area contributed by atoms with Crippen molar-refractivity contribution < 1.29 is 0 Å². The molecule has 2 rings (SSSR count). The van der Waals surface area contributed by atoms with Crippen molar-refractivity contribution in [3.05, 3.63) is 0 Å². The van der Waals surface area contributed by atoms with Crippen LogP contribution < -0.4 is 5.32 Å². The summed E-state index contributed by atoms with van der Waals surface area (Å²) >= 11 is 0. The molecule has 2 saturated heterocycles. The largest absolute Gasteiger partial charge is 0.312 e. The lowest BCUT2D eigenvalue weighted by molar-refractivity contribution is 0.258. The van der Waals surface area contributed by atoms with Crippen molar-refractivity contribution in [1.82, 2.24) is 10.2 Å². The van der Waals surface area contributed by atoms with E-state index in [0.29, 0.717) is 0 Å². The molecule has 2 fully saturated rings. The maximum absolute atomic E-state index is 3.59. The van der Waals surface area contributed by atoms with Crippen LogP contribution in [0, 0.1) is 0 Å². The van der Waals surface area contributed by atoms with Gasteiger partial charge in [0.2, 0.25) is 0 Å². The Morgan fingerprint density at radius 1 is 1.27 bits per heavy atom. The number of nitrogens with one attached hydrogen (secondary N) is 1. The van der Waals surface area contributed by atoms with Gasteiger partial charge in [0, 0.05) is 12.1 Å². The molecule has 11 heavy (non-hydrogen) atoms. The van der Waals surface area contributed by atoms with Crippen LogP contribution in [0.3, 0.4) is 0 Å². The lowest BCUT2D eigenvalue weighted by Crippen LogP contribution is -2.41. The Balaban J connectivity index is 1.92. The van der Waals surface area contributed by atoms with Crippen molar-refractivity contribution in [2.75, 3.05) is 20.1 Å². The van der Waals surface area contributed by atoms with Crippen molar-refractivity contribution in [2.24, 2.45) is 0 Å². The van der Waals surface area contributed by atoms with Crippen LogP contribution in [0.4, 0.5) is 0 Å². The van der Waals surface area contributed by atoms with Gasteiger partial charge in [0.1, 0.15) is 0 Å². The second kappa shape index (κ2) is 3.11. The Hall–Kier alpha value is -0.0800. The minimum atomic E-state index is 0.808. The van der Waals surface area contributed by atoms with E-state index in [1.807, 2.05) is 0 Å². The first-order valence-corrected chi connectivity index (χ1v) is 4.81. The van der Waals surface area contributed by atoms with E-state index in [-0.39, 0.29) is 0 Å². The molecule has 0 bridgehead atoms. The molecule has 0 aliphatic carbocycles. The summed E-state index contributed by atoms with van der Waals surface area (Å²) < 4.78 is 0. The minimum Gasteiger partial charge on any atom is -0.312 e. The Labute approximate surface area is 69.0 Å². The minimum absolute atomic E-state index is 0.808. The highest BCUT2D eigenvalue weighted by Crippen LogP contribution is 2.22. The first-order valence-electron chi connectivity index (χ1n) is 4.81. The molecule has 2 nitrogen and oxygen atoms in total. The highest BCUT2D eigenvalue weighted by molar-refractivity contribution is 4.90. The van der Waals surface area contributed by atoms with Gasteiger partial charge in [-0.05, 0) is 45.8 Å². The van der Waals surface area contributed by atoms with E-state index in [0.717, 1.165) is 12.1 Å². The number of hydrogen-bond acceptors (Lipinski definition) is 2. The van der Waals surface area contributed by atoms with E-state index in [9.17, 15) is 0 Å². The topological polar surface area (TPSA) is 15.3 Å². The zero-order chi connectivity index (χ0) is 7.68. The number of hydrogen-bond donors (Lipinski definition) is 1. The van der Waals surface area contributed by atoms with Gasteiger partial charge in [0.15, 0.2) is 0 Å². The van der Waals surface area contributed by atoms with Gasteiger partial charge in [0.25, 0.3) is 0 Å². The molecule has 0 unspecified atom stereocenters. The molecular weight excluding hydrogens is 136 g/mol. The van der Waals surface area contributed by atoms with Crippen molar-refractivity contribution >= 4 is 0 Å². The van der Waals surface area contributed by atoms with E-state index in [4.69, 9.17) is 0 Å². The van der Waals surface area contributed by atoms with Crippen molar-refractivity contribution in [2.45, 2.75) is 37.8 Å². The van der Waals surface area contributed by atoms with Crippen LogP contribution in [0.15, 0.2) is 0 Å². The summed E-state index contributed by atoms with van der Waals surface area (Å²) in [4.78, 5) is 2.52. The summed E-state index contributed by atoms with van der Waals surface area (Å²) in [5.41, 5.74) is 0. The van der Waals surface area contributed by atoms with E-state index in [1.54, 1.807) is 0 Å². The number of likely N-dealkylation sites (N-methyl/N-ethyl adjacent to an activating group) is 1. The van der Waals surface area contributed by atoms with Gasteiger partial charge in [-0.2, -0.15) is 0 Å². The van der Waals surface area contributed by atoms with E-state index < -0.39 is 0 Å². The van der Waals surface area contributed by atoms with Crippen molar-refractivity contribution in [1.29, 1.82) is 0 Å². The molecule has 1 N–H and O–H groups in total. The van der Waals surface area contributed by atoms with Gasteiger partial charge in [-0.3, -0.25) is 0 Å². The van der Waals surface area contributed by atoms with Crippen LogP contribution in [0.25, 0.3) is 0 Å². The van der Waals surface area contributed by atoms with E-state index in [2.05, 4.69) is 17.3 Å². The monoisotopic (exact) mass is 154 g/mol. The predicted octanol–water partition coefficient (Wildman–Crippen LogP) is 0.833. The van der Waals surface area contributed by atoms with Gasteiger partial charge in [-0.1, -0.05) is 0 Å². The fourth-order valence-electron chi connectivity index (χ4n) is 2.48. The van der Waals surface area contributed by atoms with Crippen LogP contribution in [0.5, 0.6) is 0 Å². The van der Waals surface area contributed by atoms with Gasteiger partial charge < -0.3 is 10.2 Å². The SMILES string of the molecule is CN1CCC[C@@H]1[C@H]1CCCN1. The molecule has 0 saturated carbocycles. The summed E-state index contributed by atoms with van der Waals surface area (Å²) in [6.07, 6.45) is 5.59. The summed E-state index contributed by atoms with van der Waals surface area (Å²) in [6.45, 7) is 2.55. The molecule has 0 aromatic carbocycles. The normalized spacial score (nSPS) is 40.1. The lowest BCUT2D eigenvalue weighted by Gasteiger charge is -2.25. The van der Waals surface area contributed by atoms with Crippen molar-refractivity contribution in [3.63, 3.8) is 0 Å². The average Bonchev–Trinajstić information content (AvgIpc) is 2.55. The predicted molar refractivity (Wildman–Crippen MR) is 46.7 cm³/mol. The van der Waals surface area contributed by atoms with Crippen LogP contribution >= 0.6 is 0 Å². The highest BCUT2D eigenvalue weighted by atomic mass is 15.2. The van der Waals surface area contributed by atoms with E-state index in [1.165, 1.54) is 38.8 Å². The summed E-state index contributed by atoms with van der Waals surface area (Å²) in [6, 6.07) is 1.65. The molecule has 0 amide bonds. The van der Waals surface area contributed by atoms with Crippen LogP contribution in [-0.2, 0) is 0 Å². The number of rotatable bonds is 1. The zero-order valence-corrected chi connectivity index (χ0v) is 7.34. The van der Waals surface area contributed by atoms with Crippen molar-refractivity contribution in [3.8, 4) is 0 Å². The smallest absolute Gasteiger partial charge is 0.0246 e. The lowest BCUT2D eigenvalue weighted by atomic mass is 10.0. The molecule has 2 aliphatic heterocycles. The standard InChI is InChI=1S/C9H18N2/c1-11-7-3-5-9(11)8-4-2-6-10-8/h8-10H,2-7H2,1H3/t8-,9-/m1/s1. The fraction of sp³-hybridized carbons (Fsp3) is 1.00. The second-order valence-corrected chi connectivity index (χ2v) is 3.89. The third-order valence-electron chi connectivity index (χ3n) is 3.14. The van der Waals surface area contributed by atoms with Crippen LogP contribution in [0.2, 0.25) is 0 Å². The van der Waals surface area contributed by atoms with Gasteiger partial charge in [-0.15, -0.1) is 0 Å². The number of nitrogens with zero attached hydrogens (tertiary/aromatic N) is 1. The second-order valence-electron chi connectivity index (χ2n) is 3.89. The number of likely N-dealkylation sites (tertiary alicyclic amines) is 1. The zero-order valence-electron chi connectivity index (χ0n) is 7.34. The molecule has 2 aliphatic rings. The Kier molecular flexibility index (Phi) is 2.14. The third kappa shape index (κ3) is 1.42. The molecule has 0 aromatic rings. The Bertz CT molecular complexity index is 130. The molecule has 0 radical (unpaired) electrons. The summed E-state index contributed by atoms with van der Waals surface area (Å²) in [5.74, 6) is 0. The summed E-state index contributed by atoms with van der Waals surface area (Å²) in [5, 5.41) is 3.59. The molecule has 0 aromatic heterocycles. The molecule has 2 atom stereocenters. The molecule has 0 spiro atoms. The van der Waals surface area contributed by atoms with Crippen LogP contribution in [-0.4, -0.2) is 37.1 Å². The average molecular weight is 154 g/mol. The maximum Gasteiger partial charge on any atom is 0.0246 e. The Morgan fingerprint density at radius 3 is 2.73 bits per heavy atom. The van der Waals surface area contributed by atoms with E-state index >= 15 is 0 Å². The highest BCUT2D eigenvalue weighted by Gasteiger charge is 2.30. The first kappa shape index (κ1) is 7.56. The summed E-state index contributed by atoms with van der Waals surface area (Å²) in [7, 11) is 2.26. The first-order chi connectivity index (χ1) is 5.38. The molecule has 64 valence electrons. The quantitative estimate of drug-likeness (QED) is 0.602. The Morgan fingerprint density at radius 2 is 2.18 bits per heavy atom. The van der Waals surface area contributed by atoms with Gasteiger partial charge >= 0.3 is 0 Å². The van der Waals surface area contributed by atoms with Gasteiger partial charge in [0.05, 0.1) is 0 Å². The van der Waals surface area contributed by atoms with Crippen LogP contribution in [0.1, 0.15) is 25.7 Å². The van der Waals surface area contributed by atoms with Gasteiger partial charge in [-0.25, -0.2) is 0 Å². The molecular formula is C9H18N2.